The fourth-order valence-electron chi connectivity index (χ4n) is 0.453. The Labute approximate surface area is 59.3 Å². The van der Waals surface area contributed by atoms with E-state index in [0.717, 1.165) is 15.2 Å². The van der Waals surface area contributed by atoms with Crippen LogP contribution in [0.2, 0.25) is 0 Å². The molecule has 0 atom stereocenters. The predicted molar refractivity (Wildman–Crippen MR) is 29.2 cm³/mol. The fourth-order valence-corrected chi connectivity index (χ4v) is 1.18. The van der Waals surface area contributed by atoms with Crippen molar-refractivity contribution in [3.8, 4) is 0 Å². The van der Waals surface area contributed by atoms with Crippen molar-refractivity contribution in [2.24, 2.45) is 0 Å². The second kappa shape index (κ2) is 5.15. The minimum absolute atomic E-state index is 0. The number of hydrogen-bond donors (Lipinski definition) is 2. The van der Waals surface area contributed by atoms with E-state index in [2.05, 4.69) is 10.6 Å². The molecule has 1 aliphatic heterocycles. The van der Waals surface area contributed by atoms with Gasteiger partial charge in [0.15, 0.2) is 0 Å². The van der Waals surface area contributed by atoms with Crippen molar-refractivity contribution in [1.29, 1.82) is 0 Å². The molecule has 1 aliphatic rings. The third-order valence-electron chi connectivity index (χ3n) is 0.750. The van der Waals surface area contributed by atoms with E-state index in [9.17, 15) is 0 Å². The average Bonchev–Trinajstić information content (AvgIpc) is 1.72. The molecule has 0 aromatic carbocycles. The van der Waals surface area contributed by atoms with Gasteiger partial charge in [-0.15, -0.1) is 0 Å². The van der Waals surface area contributed by atoms with Gasteiger partial charge in [0.2, 0.25) is 0 Å². The Morgan fingerprint density at radius 1 is 1.14 bits per heavy atom. The maximum atomic E-state index is 3.19. The van der Waals surface area contributed by atoms with Crippen molar-refractivity contribution in [1.82, 2.24) is 10.6 Å². The van der Waals surface area contributed by atoms with Crippen LogP contribution in [0, 0.1) is 0 Å². The molecule has 0 aromatic rings. The molecule has 0 radical (unpaired) electrons. The zero-order valence-corrected chi connectivity index (χ0v) is 6.49. The molecule has 0 unspecified atom stereocenters. The standard InChI is InChI=1S/C3H9N2P.Pd/c1-4-2-6-3-5-1;/h4-6H,1-3H2;. The summed E-state index contributed by atoms with van der Waals surface area (Å²) in [6.07, 6.45) is 2.43. The smallest absolute Gasteiger partial charge is 0.0459 e. The van der Waals surface area contributed by atoms with Gasteiger partial charge in [-0.2, -0.15) is 0 Å². The summed E-state index contributed by atoms with van der Waals surface area (Å²) >= 11 is 0. The normalized spacial score (nSPS) is 20.6. The number of rotatable bonds is 0. The topological polar surface area (TPSA) is 24.1 Å². The number of hydrogen-bond acceptors (Lipinski definition) is 2. The molecule has 46 valence electrons. The fraction of sp³-hybridized carbons (Fsp3) is 1.00. The van der Waals surface area contributed by atoms with E-state index in [0.29, 0.717) is 0 Å². The third kappa shape index (κ3) is 3.58. The van der Waals surface area contributed by atoms with Gasteiger partial charge in [0.25, 0.3) is 0 Å². The van der Waals surface area contributed by atoms with E-state index in [4.69, 9.17) is 0 Å². The summed E-state index contributed by atoms with van der Waals surface area (Å²) in [5.74, 6) is 0. The summed E-state index contributed by atoms with van der Waals surface area (Å²) in [5, 5.41) is 6.37. The van der Waals surface area contributed by atoms with Crippen LogP contribution in [0.25, 0.3) is 0 Å². The van der Waals surface area contributed by atoms with Crippen LogP contribution in [-0.4, -0.2) is 19.2 Å². The van der Waals surface area contributed by atoms with E-state index < -0.39 is 0 Å². The predicted octanol–water partition coefficient (Wildman–Crippen LogP) is -0.272. The Balaban J connectivity index is 0.000000360. The second-order valence-electron chi connectivity index (χ2n) is 1.28. The first-order valence-electron chi connectivity index (χ1n) is 2.12. The summed E-state index contributed by atoms with van der Waals surface area (Å²) in [5.41, 5.74) is 0. The van der Waals surface area contributed by atoms with Gasteiger partial charge in [0.1, 0.15) is 0 Å². The molecule has 1 fully saturated rings. The van der Waals surface area contributed by atoms with Gasteiger partial charge in [-0.1, -0.05) is 8.58 Å². The summed E-state index contributed by atoms with van der Waals surface area (Å²) in [6, 6.07) is 0. The largest absolute Gasteiger partial charge is 0.301 e. The first kappa shape index (κ1) is 8.01. The molecule has 0 amide bonds. The van der Waals surface area contributed by atoms with Crippen LogP contribution < -0.4 is 10.6 Å². The van der Waals surface area contributed by atoms with Gasteiger partial charge in [0.05, 0.1) is 0 Å². The molecule has 4 heteroatoms. The molecule has 0 saturated carbocycles. The Morgan fingerprint density at radius 3 is 1.86 bits per heavy atom. The van der Waals surface area contributed by atoms with E-state index in [1.165, 1.54) is 12.6 Å². The first-order valence-corrected chi connectivity index (χ1v) is 3.54. The van der Waals surface area contributed by atoms with Gasteiger partial charge in [-0.05, 0) is 0 Å². The maximum Gasteiger partial charge on any atom is 0.0459 e. The van der Waals surface area contributed by atoms with Crippen molar-refractivity contribution < 1.29 is 20.4 Å². The second-order valence-corrected chi connectivity index (χ2v) is 2.49. The monoisotopic (exact) mass is 210 g/mol. The summed E-state index contributed by atoms with van der Waals surface area (Å²) < 4.78 is 0. The van der Waals surface area contributed by atoms with E-state index >= 15 is 0 Å². The van der Waals surface area contributed by atoms with Gasteiger partial charge < -0.3 is 10.6 Å². The molecule has 0 aliphatic carbocycles. The Hall–Kier alpha value is 1.01. The molecule has 2 N–H and O–H groups in total. The van der Waals surface area contributed by atoms with Crippen LogP contribution in [0.5, 0.6) is 0 Å². The van der Waals surface area contributed by atoms with Crippen LogP contribution in [0.3, 0.4) is 0 Å². The minimum Gasteiger partial charge on any atom is -0.301 e. The average molecular weight is 211 g/mol. The zero-order valence-electron chi connectivity index (χ0n) is 3.94. The van der Waals surface area contributed by atoms with E-state index in [1.807, 2.05) is 0 Å². The van der Waals surface area contributed by atoms with Crippen LogP contribution in [0.1, 0.15) is 0 Å². The van der Waals surface area contributed by atoms with Crippen LogP contribution >= 0.6 is 8.58 Å². The molecule has 1 saturated heterocycles. The molecule has 2 nitrogen and oxygen atoms in total. The van der Waals surface area contributed by atoms with Crippen LogP contribution in [0.15, 0.2) is 0 Å². The Bertz CT molecular complexity index is 28.4. The van der Waals surface area contributed by atoms with Gasteiger partial charge in [0, 0.05) is 39.7 Å². The summed E-state index contributed by atoms with van der Waals surface area (Å²) in [4.78, 5) is 0. The Kier molecular flexibility index (Phi) is 5.90. The molecular weight excluding hydrogens is 201 g/mol. The molecule has 0 spiro atoms. The summed E-state index contributed by atoms with van der Waals surface area (Å²) in [7, 11) is 1.08. The van der Waals surface area contributed by atoms with Gasteiger partial charge in [-0.25, -0.2) is 0 Å². The maximum absolute atomic E-state index is 3.19. The van der Waals surface area contributed by atoms with Crippen molar-refractivity contribution in [2.45, 2.75) is 0 Å². The quantitative estimate of drug-likeness (QED) is 0.425. The summed E-state index contributed by atoms with van der Waals surface area (Å²) in [6.45, 7) is 1.01. The van der Waals surface area contributed by atoms with Crippen molar-refractivity contribution in [3.63, 3.8) is 0 Å². The van der Waals surface area contributed by atoms with Gasteiger partial charge in [-0.3, -0.25) is 0 Å². The van der Waals surface area contributed by atoms with Crippen molar-refractivity contribution in [3.05, 3.63) is 0 Å². The first-order chi connectivity index (χ1) is 3.00. The molecule has 0 bridgehead atoms. The SMILES string of the molecule is C1NCPCN1.[Pd]. The van der Waals surface area contributed by atoms with Crippen molar-refractivity contribution >= 4 is 8.58 Å². The zero-order chi connectivity index (χ0) is 4.24. The van der Waals surface area contributed by atoms with Gasteiger partial charge >= 0.3 is 0 Å². The van der Waals surface area contributed by atoms with E-state index in [-0.39, 0.29) is 20.4 Å². The van der Waals surface area contributed by atoms with E-state index in [1.54, 1.807) is 0 Å². The van der Waals surface area contributed by atoms with Crippen LogP contribution in [0.4, 0.5) is 0 Å². The number of nitrogens with one attached hydrogen (secondary N) is 2. The minimum atomic E-state index is 0. The molecule has 1 heterocycles. The van der Waals surface area contributed by atoms with Crippen LogP contribution in [-0.2, 0) is 20.4 Å². The third-order valence-corrected chi connectivity index (χ3v) is 1.75. The van der Waals surface area contributed by atoms with Crippen molar-refractivity contribution in [2.75, 3.05) is 19.2 Å². The Morgan fingerprint density at radius 2 is 1.71 bits per heavy atom. The molecular formula is C3H9N2PPd. The molecule has 1 rings (SSSR count). The molecule has 7 heavy (non-hydrogen) atoms. The molecule has 0 aromatic heterocycles.